The number of thioether (sulfide) groups is 1. The highest BCUT2D eigenvalue weighted by atomic mass is 32.2. The first-order valence-corrected chi connectivity index (χ1v) is 13.6. The summed E-state index contributed by atoms with van der Waals surface area (Å²) in [6, 6.07) is 19.8. The van der Waals surface area contributed by atoms with Gasteiger partial charge in [0.15, 0.2) is 5.16 Å². The molecule has 0 aliphatic heterocycles. The molecule has 4 rings (SSSR count). The fraction of sp³-hybridized carbons (Fsp3) is 0.276. The molecule has 204 valence electrons. The SMILES string of the molecule is CCc1cccc(CN(CC(O)C(N)Cc2cc(F)cc(F)c2)C(=O)CSc2nncn2-c2ccccc2)c1. The standard InChI is InChI=1S/C29H31F2N5O2S/c1-2-20-7-6-8-21(11-20)16-35(17-27(37)26(32)14-22-12-23(30)15-24(31)13-22)28(38)18-39-29-34-33-19-36(29)25-9-4-3-5-10-25/h3-13,15,19,26-27,37H,2,14,16-18,32H2,1H3. The maximum atomic E-state index is 13.6. The first-order chi connectivity index (χ1) is 18.8. The molecule has 0 spiro atoms. The maximum absolute atomic E-state index is 13.6. The summed E-state index contributed by atoms with van der Waals surface area (Å²) in [5.74, 6) is -1.57. The molecule has 10 heteroatoms. The average Bonchev–Trinajstić information content (AvgIpc) is 3.40. The Labute approximate surface area is 230 Å². The van der Waals surface area contributed by atoms with Crippen LogP contribution in [0.3, 0.4) is 0 Å². The molecule has 4 aromatic rings. The molecule has 3 N–H and O–H groups in total. The lowest BCUT2D eigenvalue weighted by Gasteiger charge is -2.28. The summed E-state index contributed by atoms with van der Waals surface area (Å²) >= 11 is 1.25. The molecule has 0 aliphatic carbocycles. The molecule has 1 heterocycles. The number of halogens is 2. The van der Waals surface area contributed by atoms with Crippen molar-refractivity contribution in [3.8, 4) is 5.69 Å². The monoisotopic (exact) mass is 551 g/mol. The molecular weight excluding hydrogens is 520 g/mol. The van der Waals surface area contributed by atoms with Crippen molar-refractivity contribution >= 4 is 17.7 Å². The zero-order valence-corrected chi connectivity index (χ0v) is 22.4. The van der Waals surface area contributed by atoms with Gasteiger partial charge in [-0.05, 0) is 53.8 Å². The normalized spacial score (nSPS) is 12.7. The fourth-order valence-corrected chi connectivity index (χ4v) is 5.06. The first kappa shape index (κ1) is 28.4. The van der Waals surface area contributed by atoms with E-state index < -0.39 is 23.8 Å². The fourth-order valence-electron chi connectivity index (χ4n) is 4.23. The number of carbonyl (C=O) groups is 1. The smallest absolute Gasteiger partial charge is 0.233 e. The van der Waals surface area contributed by atoms with Gasteiger partial charge in [0.05, 0.1) is 11.9 Å². The molecule has 1 amide bonds. The van der Waals surface area contributed by atoms with Crippen molar-refractivity contribution in [1.29, 1.82) is 0 Å². The van der Waals surface area contributed by atoms with E-state index in [0.29, 0.717) is 10.7 Å². The van der Waals surface area contributed by atoms with Crippen LogP contribution in [-0.2, 0) is 24.2 Å². The molecule has 0 saturated carbocycles. The quantitative estimate of drug-likeness (QED) is 0.257. The predicted octanol–water partition coefficient (Wildman–Crippen LogP) is 4.16. The summed E-state index contributed by atoms with van der Waals surface area (Å²) in [6.07, 6.45) is 1.38. The molecular formula is C29H31F2N5O2S. The van der Waals surface area contributed by atoms with Crippen molar-refractivity contribution in [3.63, 3.8) is 0 Å². The van der Waals surface area contributed by atoms with Crippen molar-refractivity contribution in [2.75, 3.05) is 12.3 Å². The lowest BCUT2D eigenvalue weighted by molar-refractivity contribution is -0.130. The number of aliphatic hydroxyl groups excluding tert-OH is 1. The van der Waals surface area contributed by atoms with Crippen LogP contribution in [0.4, 0.5) is 8.78 Å². The van der Waals surface area contributed by atoms with Crippen LogP contribution in [0.1, 0.15) is 23.6 Å². The van der Waals surface area contributed by atoms with Gasteiger partial charge < -0.3 is 15.7 Å². The van der Waals surface area contributed by atoms with Crippen LogP contribution in [0, 0.1) is 11.6 Å². The highest BCUT2D eigenvalue weighted by molar-refractivity contribution is 7.99. The van der Waals surface area contributed by atoms with Gasteiger partial charge in [0.1, 0.15) is 18.0 Å². The summed E-state index contributed by atoms with van der Waals surface area (Å²) in [5.41, 5.74) is 9.48. The third-order valence-electron chi connectivity index (χ3n) is 6.30. The number of aliphatic hydroxyl groups is 1. The highest BCUT2D eigenvalue weighted by Gasteiger charge is 2.24. The Morgan fingerprint density at radius 2 is 1.74 bits per heavy atom. The largest absolute Gasteiger partial charge is 0.390 e. The van der Waals surface area contributed by atoms with Crippen LogP contribution < -0.4 is 5.73 Å². The molecule has 7 nitrogen and oxygen atoms in total. The molecule has 3 aromatic carbocycles. The number of hydrogen-bond acceptors (Lipinski definition) is 6. The van der Waals surface area contributed by atoms with E-state index in [4.69, 9.17) is 5.73 Å². The molecule has 2 atom stereocenters. The number of benzene rings is 3. The van der Waals surface area contributed by atoms with E-state index in [1.54, 1.807) is 15.8 Å². The molecule has 0 radical (unpaired) electrons. The van der Waals surface area contributed by atoms with E-state index >= 15 is 0 Å². The maximum Gasteiger partial charge on any atom is 0.233 e. The third kappa shape index (κ3) is 7.95. The van der Waals surface area contributed by atoms with E-state index in [9.17, 15) is 18.7 Å². The summed E-state index contributed by atoms with van der Waals surface area (Å²) in [5, 5.41) is 19.6. The lowest BCUT2D eigenvalue weighted by Crippen LogP contribution is -2.46. The van der Waals surface area contributed by atoms with Gasteiger partial charge in [-0.15, -0.1) is 10.2 Å². The Bertz CT molecular complexity index is 1360. The van der Waals surface area contributed by atoms with Gasteiger partial charge in [-0.25, -0.2) is 8.78 Å². The molecule has 0 bridgehead atoms. The van der Waals surface area contributed by atoms with Crippen molar-refractivity contribution in [1.82, 2.24) is 19.7 Å². The van der Waals surface area contributed by atoms with E-state index in [-0.39, 0.29) is 31.2 Å². The molecule has 2 unspecified atom stereocenters. The third-order valence-corrected chi connectivity index (χ3v) is 7.22. The first-order valence-electron chi connectivity index (χ1n) is 12.6. The van der Waals surface area contributed by atoms with E-state index in [0.717, 1.165) is 29.3 Å². The van der Waals surface area contributed by atoms with E-state index in [1.165, 1.54) is 23.9 Å². The van der Waals surface area contributed by atoms with Crippen LogP contribution in [0.2, 0.25) is 0 Å². The summed E-state index contributed by atoms with van der Waals surface area (Å²) in [6.45, 7) is 2.29. The zero-order valence-electron chi connectivity index (χ0n) is 21.6. The number of rotatable bonds is 12. The minimum Gasteiger partial charge on any atom is -0.390 e. The van der Waals surface area contributed by atoms with Crippen LogP contribution >= 0.6 is 11.8 Å². The number of aryl methyl sites for hydroxylation is 1. The van der Waals surface area contributed by atoms with Crippen LogP contribution in [-0.4, -0.2) is 55.1 Å². The van der Waals surface area contributed by atoms with E-state index in [2.05, 4.69) is 17.1 Å². The zero-order chi connectivity index (χ0) is 27.8. The molecule has 0 saturated heterocycles. The Hall–Kier alpha value is -3.60. The number of carbonyl (C=O) groups excluding carboxylic acids is 1. The van der Waals surface area contributed by atoms with Crippen LogP contribution in [0.25, 0.3) is 5.69 Å². The van der Waals surface area contributed by atoms with Crippen LogP contribution in [0.5, 0.6) is 0 Å². The topological polar surface area (TPSA) is 97.3 Å². The Morgan fingerprint density at radius 3 is 2.46 bits per heavy atom. The number of amides is 1. The van der Waals surface area contributed by atoms with Crippen molar-refractivity contribution in [2.45, 2.75) is 43.6 Å². The minimum atomic E-state index is -1.12. The lowest BCUT2D eigenvalue weighted by atomic mass is 10.0. The number of aromatic nitrogens is 3. The summed E-state index contributed by atoms with van der Waals surface area (Å²) in [4.78, 5) is 15.0. The van der Waals surface area contributed by atoms with Gasteiger partial charge in [0, 0.05) is 30.9 Å². The number of para-hydroxylation sites is 1. The average molecular weight is 552 g/mol. The van der Waals surface area contributed by atoms with Crippen molar-refractivity contribution in [3.05, 3.63) is 107 Å². The van der Waals surface area contributed by atoms with Crippen molar-refractivity contribution < 1.29 is 18.7 Å². The van der Waals surface area contributed by atoms with Gasteiger partial charge in [-0.3, -0.25) is 9.36 Å². The van der Waals surface area contributed by atoms with Gasteiger partial charge in [-0.1, -0.05) is 61.2 Å². The van der Waals surface area contributed by atoms with Gasteiger partial charge in [0.25, 0.3) is 0 Å². The second-order valence-corrected chi connectivity index (χ2v) is 10.2. The molecule has 0 fully saturated rings. The van der Waals surface area contributed by atoms with E-state index in [1.807, 2.05) is 54.6 Å². The summed E-state index contributed by atoms with van der Waals surface area (Å²) < 4.78 is 29.1. The predicted molar refractivity (Wildman–Crippen MR) is 147 cm³/mol. The summed E-state index contributed by atoms with van der Waals surface area (Å²) in [7, 11) is 0. The number of hydrogen-bond donors (Lipinski definition) is 2. The van der Waals surface area contributed by atoms with Crippen molar-refractivity contribution in [2.24, 2.45) is 5.73 Å². The Kier molecular flexibility index (Phi) is 9.80. The Morgan fingerprint density at radius 1 is 1.03 bits per heavy atom. The number of nitrogens with two attached hydrogens (primary N) is 1. The van der Waals surface area contributed by atoms with Gasteiger partial charge in [0.2, 0.25) is 5.91 Å². The van der Waals surface area contributed by atoms with Gasteiger partial charge in [-0.2, -0.15) is 0 Å². The van der Waals surface area contributed by atoms with Crippen LogP contribution in [0.15, 0.2) is 84.3 Å². The highest BCUT2D eigenvalue weighted by Crippen LogP contribution is 2.21. The minimum absolute atomic E-state index is 0.0416. The molecule has 1 aromatic heterocycles. The Balaban J connectivity index is 1.47. The molecule has 39 heavy (non-hydrogen) atoms. The van der Waals surface area contributed by atoms with Gasteiger partial charge >= 0.3 is 0 Å². The second-order valence-electron chi connectivity index (χ2n) is 9.27. The number of nitrogens with zero attached hydrogens (tertiary/aromatic N) is 4. The molecule has 0 aliphatic rings. The second kappa shape index (κ2) is 13.5.